The number of aromatic nitrogens is 2. The van der Waals surface area contributed by atoms with E-state index in [4.69, 9.17) is 10.5 Å². The van der Waals surface area contributed by atoms with Gasteiger partial charge < -0.3 is 10.5 Å². The van der Waals surface area contributed by atoms with Gasteiger partial charge in [-0.3, -0.25) is 4.68 Å². The van der Waals surface area contributed by atoms with E-state index in [1.165, 1.54) is 5.57 Å². The molecule has 1 unspecified atom stereocenters. The SMILES string of the molecule is CCn1ncc(OC)c1C1=CC(N)CCC1. The van der Waals surface area contributed by atoms with Crippen molar-refractivity contribution in [3.63, 3.8) is 0 Å². The number of aryl methyl sites for hydroxylation is 1. The maximum atomic E-state index is 5.97. The van der Waals surface area contributed by atoms with Crippen molar-refractivity contribution in [1.82, 2.24) is 9.78 Å². The van der Waals surface area contributed by atoms with E-state index in [-0.39, 0.29) is 6.04 Å². The van der Waals surface area contributed by atoms with Gasteiger partial charge in [-0.1, -0.05) is 6.08 Å². The Kier molecular flexibility index (Phi) is 3.29. The number of nitrogens with zero attached hydrogens (tertiary/aromatic N) is 2. The van der Waals surface area contributed by atoms with Gasteiger partial charge in [0.25, 0.3) is 0 Å². The van der Waals surface area contributed by atoms with Crippen LogP contribution in [0.2, 0.25) is 0 Å². The van der Waals surface area contributed by atoms with E-state index in [2.05, 4.69) is 18.1 Å². The van der Waals surface area contributed by atoms with Gasteiger partial charge in [0.15, 0.2) is 5.75 Å². The first kappa shape index (κ1) is 11.2. The number of allylic oxidation sites excluding steroid dienone is 1. The molecule has 0 aromatic carbocycles. The Labute approximate surface area is 96.1 Å². The van der Waals surface area contributed by atoms with Crippen LogP contribution in [0.5, 0.6) is 5.75 Å². The van der Waals surface area contributed by atoms with E-state index in [9.17, 15) is 0 Å². The average molecular weight is 221 g/mol. The van der Waals surface area contributed by atoms with Gasteiger partial charge in [0.1, 0.15) is 5.69 Å². The van der Waals surface area contributed by atoms with Crippen LogP contribution in [0.3, 0.4) is 0 Å². The van der Waals surface area contributed by atoms with Crippen molar-refractivity contribution < 1.29 is 4.74 Å². The maximum Gasteiger partial charge on any atom is 0.164 e. The molecule has 1 aromatic heterocycles. The average Bonchev–Trinajstić information content (AvgIpc) is 2.71. The first-order valence-corrected chi connectivity index (χ1v) is 5.82. The van der Waals surface area contributed by atoms with Gasteiger partial charge in [-0.2, -0.15) is 5.10 Å². The molecule has 1 atom stereocenters. The molecule has 4 nitrogen and oxygen atoms in total. The molecule has 0 spiro atoms. The molecule has 0 saturated heterocycles. The van der Waals surface area contributed by atoms with Gasteiger partial charge >= 0.3 is 0 Å². The topological polar surface area (TPSA) is 53.1 Å². The molecule has 1 heterocycles. The van der Waals surface area contributed by atoms with Crippen molar-refractivity contribution in [1.29, 1.82) is 0 Å². The highest BCUT2D eigenvalue weighted by Crippen LogP contribution is 2.32. The van der Waals surface area contributed by atoms with Crippen molar-refractivity contribution in [3.05, 3.63) is 18.0 Å². The summed E-state index contributed by atoms with van der Waals surface area (Å²) in [6, 6.07) is 0.175. The van der Waals surface area contributed by atoms with Crippen LogP contribution in [-0.2, 0) is 6.54 Å². The second-order valence-corrected chi connectivity index (χ2v) is 4.13. The predicted molar refractivity (Wildman–Crippen MR) is 64.3 cm³/mol. The Morgan fingerprint density at radius 1 is 1.62 bits per heavy atom. The third-order valence-corrected chi connectivity index (χ3v) is 3.03. The first-order chi connectivity index (χ1) is 7.76. The van der Waals surface area contributed by atoms with Crippen LogP contribution >= 0.6 is 0 Å². The number of ether oxygens (including phenoxy) is 1. The largest absolute Gasteiger partial charge is 0.493 e. The summed E-state index contributed by atoms with van der Waals surface area (Å²) in [5.41, 5.74) is 8.34. The van der Waals surface area contributed by atoms with E-state index in [0.717, 1.165) is 37.3 Å². The van der Waals surface area contributed by atoms with Crippen LogP contribution in [-0.4, -0.2) is 22.9 Å². The quantitative estimate of drug-likeness (QED) is 0.846. The maximum absolute atomic E-state index is 5.97. The van der Waals surface area contributed by atoms with E-state index >= 15 is 0 Å². The number of hydrogen-bond acceptors (Lipinski definition) is 3. The molecule has 16 heavy (non-hydrogen) atoms. The van der Waals surface area contributed by atoms with Crippen LogP contribution in [0.1, 0.15) is 31.9 Å². The fraction of sp³-hybridized carbons (Fsp3) is 0.583. The lowest BCUT2D eigenvalue weighted by Gasteiger charge is -2.19. The van der Waals surface area contributed by atoms with Gasteiger partial charge in [0.2, 0.25) is 0 Å². The second kappa shape index (κ2) is 4.70. The zero-order chi connectivity index (χ0) is 11.5. The highest BCUT2D eigenvalue weighted by Gasteiger charge is 2.18. The summed E-state index contributed by atoms with van der Waals surface area (Å²) in [6.07, 6.45) is 7.21. The fourth-order valence-electron chi connectivity index (χ4n) is 2.23. The summed E-state index contributed by atoms with van der Waals surface area (Å²) in [7, 11) is 1.68. The summed E-state index contributed by atoms with van der Waals surface area (Å²) < 4.78 is 7.33. The normalized spacial score (nSPS) is 20.7. The molecule has 0 aliphatic heterocycles. The third kappa shape index (κ3) is 1.97. The molecule has 4 heteroatoms. The third-order valence-electron chi connectivity index (χ3n) is 3.03. The number of rotatable bonds is 3. The number of methoxy groups -OCH3 is 1. The van der Waals surface area contributed by atoms with Crippen LogP contribution in [0, 0.1) is 0 Å². The second-order valence-electron chi connectivity index (χ2n) is 4.13. The van der Waals surface area contributed by atoms with Crippen molar-refractivity contribution >= 4 is 5.57 Å². The molecule has 0 amide bonds. The molecule has 1 aromatic rings. The highest BCUT2D eigenvalue weighted by atomic mass is 16.5. The number of nitrogens with two attached hydrogens (primary N) is 1. The summed E-state index contributed by atoms with van der Waals surface area (Å²) in [4.78, 5) is 0. The summed E-state index contributed by atoms with van der Waals surface area (Å²) in [5, 5.41) is 4.32. The Bertz CT molecular complexity index is 373. The molecular formula is C12H19N3O. The van der Waals surface area contributed by atoms with Crippen LogP contribution < -0.4 is 10.5 Å². The van der Waals surface area contributed by atoms with Gasteiger partial charge in [0, 0.05) is 12.6 Å². The zero-order valence-electron chi connectivity index (χ0n) is 9.94. The molecule has 0 fully saturated rings. The smallest absolute Gasteiger partial charge is 0.164 e. The van der Waals surface area contributed by atoms with E-state index < -0.39 is 0 Å². The molecule has 1 aliphatic rings. The zero-order valence-corrected chi connectivity index (χ0v) is 9.94. The molecule has 2 N–H and O–H groups in total. The molecule has 0 bridgehead atoms. The van der Waals surface area contributed by atoms with Gasteiger partial charge in [-0.25, -0.2) is 0 Å². The minimum atomic E-state index is 0.175. The monoisotopic (exact) mass is 221 g/mol. The minimum absolute atomic E-state index is 0.175. The summed E-state index contributed by atoms with van der Waals surface area (Å²) >= 11 is 0. The van der Waals surface area contributed by atoms with E-state index in [0.29, 0.717) is 0 Å². The lowest BCUT2D eigenvalue weighted by atomic mass is 9.94. The van der Waals surface area contributed by atoms with Crippen molar-refractivity contribution in [3.8, 4) is 5.75 Å². The van der Waals surface area contributed by atoms with E-state index in [1.807, 2.05) is 4.68 Å². The van der Waals surface area contributed by atoms with Crippen molar-refractivity contribution in [2.75, 3.05) is 7.11 Å². The predicted octanol–water partition coefficient (Wildman–Crippen LogP) is 1.81. The molecule has 1 aliphatic carbocycles. The standard InChI is InChI=1S/C12H19N3O/c1-3-15-12(11(16-2)8-14-15)9-5-4-6-10(13)7-9/h7-8,10H,3-6,13H2,1-2H3. The van der Waals surface area contributed by atoms with E-state index in [1.54, 1.807) is 13.3 Å². The molecular weight excluding hydrogens is 202 g/mol. The van der Waals surface area contributed by atoms with Crippen molar-refractivity contribution in [2.45, 2.75) is 38.8 Å². The van der Waals surface area contributed by atoms with Crippen molar-refractivity contribution in [2.24, 2.45) is 5.73 Å². The molecule has 0 saturated carbocycles. The van der Waals surface area contributed by atoms with Crippen LogP contribution in [0.15, 0.2) is 12.3 Å². The Balaban J connectivity index is 2.41. The Morgan fingerprint density at radius 2 is 2.44 bits per heavy atom. The van der Waals surface area contributed by atoms with Gasteiger partial charge in [-0.15, -0.1) is 0 Å². The Morgan fingerprint density at radius 3 is 3.06 bits per heavy atom. The Hall–Kier alpha value is -1.29. The van der Waals surface area contributed by atoms with Gasteiger partial charge in [0.05, 0.1) is 13.3 Å². The number of hydrogen-bond donors (Lipinski definition) is 1. The first-order valence-electron chi connectivity index (χ1n) is 5.82. The summed E-state index contributed by atoms with van der Waals surface area (Å²) in [6.45, 7) is 2.94. The highest BCUT2D eigenvalue weighted by molar-refractivity contribution is 5.68. The summed E-state index contributed by atoms with van der Waals surface area (Å²) in [5.74, 6) is 0.849. The van der Waals surface area contributed by atoms with Gasteiger partial charge in [-0.05, 0) is 31.8 Å². The molecule has 0 radical (unpaired) electrons. The molecule has 2 rings (SSSR count). The fourth-order valence-corrected chi connectivity index (χ4v) is 2.23. The lowest BCUT2D eigenvalue weighted by Crippen LogP contribution is -2.20. The van der Waals surface area contributed by atoms with Crippen LogP contribution in [0.25, 0.3) is 5.57 Å². The minimum Gasteiger partial charge on any atom is -0.493 e. The molecule has 88 valence electrons. The van der Waals surface area contributed by atoms with Crippen LogP contribution in [0.4, 0.5) is 0 Å². The lowest BCUT2D eigenvalue weighted by molar-refractivity contribution is 0.412.